The lowest BCUT2D eigenvalue weighted by atomic mass is 10.1. The monoisotopic (exact) mass is 256 g/mol. The van der Waals surface area contributed by atoms with Gasteiger partial charge in [0, 0.05) is 5.56 Å². The van der Waals surface area contributed by atoms with E-state index in [0.717, 1.165) is 22.4 Å². The minimum Gasteiger partial charge on any atom is -0.489 e. The highest BCUT2D eigenvalue weighted by Gasteiger charge is 2.09. The van der Waals surface area contributed by atoms with E-state index >= 15 is 0 Å². The summed E-state index contributed by atoms with van der Waals surface area (Å²) >= 11 is 0. The van der Waals surface area contributed by atoms with E-state index < -0.39 is 6.10 Å². The lowest BCUT2D eigenvalue weighted by Crippen LogP contribution is -2.01. The van der Waals surface area contributed by atoms with Gasteiger partial charge in [0.15, 0.2) is 0 Å². The van der Waals surface area contributed by atoms with Crippen molar-refractivity contribution in [1.29, 1.82) is 0 Å². The fourth-order valence-electron chi connectivity index (χ4n) is 2.07. The van der Waals surface area contributed by atoms with Gasteiger partial charge < -0.3 is 9.84 Å². The maximum Gasteiger partial charge on any atom is 0.125 e. The summed E-state index contributed by atoms with van der Waals surface area (Å²) in [7, 11) is 0. The largest absolute Gasteiger partial charge is 0.489 e. The molecule has 2 rings (SSSR count). The van der Waals surface area contributed by atoms with Crippen LogP contribution < -0.4 is 4.74 Å². The average Bonchev–Trinajstić information content (AvgIpc) is 2.36. The molecule has 0 aliphatic heterocycles. The molecule has 0 unspecified atom stereocenters. The quantitative estimate of drug-likeness (QED) is 0.898. The zero-order valence-electron chi connectivity index (χ0n) is 11.7. The van der Waals surface area contributed by atoms with Crippen LogP contribution in [-0.2, 0) is 6.61 Å². The molecule has 0 saturated heterocycles. The second kappa shape index (κ2) is 5.89. The van der Waals surface area contributed by atoms with E-state index in [1.807, 2.05) is 37.3 Å². The number of hydrogen-bond acceptors (Lipinski definition) is 2. The van der Waals surface area contributed by atoms with Gasteiger partial charge >= 0.3 is 0 Å². The van der Waals surface area contributed by atoms with Crippen LogP contribution in [0.1, 0.15) is 35.3 Å². The number of aryl methyl sites for hydroxylation is 2. The number of aliphatic hydroxyl groups excluding tert-OH is 1. The Labute approximate surface area is 114 Å². The van der Waals surface area contributed by atoms with E-state index in [2.05, 4.69) is 19.1 Å². The molecule has 2 aromatic carbocycles. The van der Waals surface area contributed by atoms with Gasteiger partial charge in [0.2, 0.25) is 0 Å². The van der Waals surface area contributed by atoms with Crippen molar-refractivity contribution in [3.8, 4) is 5.75 Å². The Hall–Kier alpha value is -1.80. The summed E-state index contributed by atoms with van der Waals surface area (Å²) in [6, 6.07) is 14.1. The maximum absolute atomic E-state index is 9.76. The highest BCUT2D eigenvalue weighted by Crippen LogP contribution is 2.27. The molecule has 2 heteroatoms. The second-order valence-electron chi connectivity index (χ2n) is 4.99. The first kappa shape index (κ1) is 13.6. The second-order valence-corrected chi connectivity index (χ2v) is 4.99. The molecule has 0 radical (unpaired) electrons. The van der Waals surface area contributed by atoms with Crippen molar-refractivity contribution in [2.75, 3.05) is 0 Å². The number of ether oxygens (including phenoxy) is 1. The molecule has 0 aliphatic carbocycles. The van der Waals surface area contributed by atoms with E-state index in [9.17, 15) is 5.11 Å². The summed E-state index contributed by atoms with van der Waals surface area (Å²) in [5.74, 6) is 0.761. The fourth-order valence-corrected chi connectivity index (χ4v) is 2.07. The van der Waals surface area contributed by atoms with E-state index in [0.29, 0.717) is 6.61 Å². The van der Waals surface area contributed by atoms with Gasteiger partial charge in [-0.25, -0.2) is 0 Å². The highest BCUT2D eigenvalue weighted by molar-refractivity contribution is 5.38. The Balaban J connectivity index is 2.17. The zero-order chi connectivity index (χ0) is 13.8. The molecule has 0 heterocycles. The molecule has 2 nitrogen and oxygen atoms in total. The van der Waals surface area contributed by atoms with Crippen molar-refractivity contribution in [1.82, 2.24) is 0 Å². The average molecular weight is 256 g/mol. The van der Waals surface area contributed by atoms with Gasteiger partial charge in [0.25, 0.3) is 0 Å². The van der Waals surface area contributed by atoms with E-state index in [1.165, 1.54) is 5.56 Å². The molecule has 1 atom stereocenters. The molecule has 2 aromatic rings. The third-order valence-corrected chi connectivity index (χ3v) is 3.10. The summed E-state index contributed by atoms with van der Waals surface area (Å²) in [5.41, 5.74) is 4.32. The van der Waals surface area contributed by atoms with E-state index in [4.69, 9.17) is 4.74 Å². The Kier molecular flexibility index (Phi) is 4.23. The first-order chi connectivity index (χ1) is 9.06. The predicted octanol–water partition coefficient (Wildman–Crippen LogP) is 3.94. The lowest BCUT2D eigenvalue weighted by Gasteiger charge is -2.14. The SMILES string of the molecule is Cc1cccc(COc2cc(C)ccc2[C@H](C)O)c1. The number of benzene rings is 2. The first-order valence-corrected chi connectivity index (χ1v) is 6.53. The zero-order valence-corrected chi connectivity index (χ0v) is 11.7. The van der Waals surface area contributed by atoms with Gasteiger partial charge in [-0.1, -0.05) is 42.0 Å². The van der Waals surface area contributed by atoms with Crippen molar-refractivity contribution >= 4 is 0 Å². The van der Waals surface area contributed by atoms with Crippen molar-refractivity contribution < 1.29 is 9.84 Å². The minimum atomic E-state index is -0.520. The Bertz CT molecular complexity index is 559. The Morgan fingerprint density at radius 2 is 1.79 bits per heavy atom. The summed E-state index contributed by atoms with van der Waals surface area (Å²) in [4.78, 5) is 0. The first-order valence-electron chi connectivity index (χ1n) is 6.53. The molecule has 0 saturated carbocycles. The van der Waals surface area contributed by atoms with Crippen LogP contribution >= 0.6 is 0 Å². The fraction of sp³-hybridized carbons (Fsp3) is 0.294. The van der Waals surface area contributed by atoms with Crippen molar-refractivity contribution in [3.63, 3.8) is 0 Å². The molecule has 0 aliphatic rings. The summed E-state index contributed by atoms with van der Waals surface area (Å²) in [6.07, 6.45) is -0.520. The van der Waals surface area contributed by atoms with Crippen molar-refractivity contribution in [2.45, 2.75) is 33.5 Å². The van der Waals surface area contributed by atoms with Crippen LogP contribution in [0.3, 0.4) is 0 Å². The minimum absolute atomic E-state index is 0.519. The van der Waals surface area contributed by atoms with E-state index in [-0.39, 0.29) is 0 Å². The van der Waals surface area contributed by atoms with Gasteiger partial charge in [-0.3, -0.25) is 0 Å². The third-order valence-electron chi connectivity index (χ3n) is 3.10. The van der Waals surface area contributed by atoms with Gasteiger partial charge in [0.1, 0.15) is 12.4 Å². The molecule has 0 aromatic heterocycles. The molecule has 0 amide bonds. The molecular weight excluding hydrogens is 236 g/mol. The van der Waals surface area contributed by atoms with E-state index in [1.54, 1.807) is 6.92 Å². The van der Waals surface area contributed by atoms with Crippen LogP contribution in [0.2, 0.25) is 0 Å². The van der Waals surface area contributed by atoms with Crippen LogP contribution in [0.15, 0.2) is 42.5 Å². The highest BCUT2D eigenvalue weighted by atomic mass is 16.5. The van der Waals surface area contributed by atoms with Crippen LogP contribution in [-0.4, -0.2) is 5.11 Å². The summed E-state index contributed by atoms with van der Waals surface area (Å²) in [5, 5.41) is 9.76. The topological polar surface area (TPSA) is 29.5 Å². The normalized spacial score (nSPS) is 12.2. The number of hydrogen-bond donors (Lipinski definition) is 1. The molecule has 0 fully saturated rings. The summed E-state index contributed by atoms with van der Waals surface area (Å²) < 4.78 is 5.86. The maximum atomic E-state index is 9.76. The summed E-state index contributed by atoms with van der Waals surface area (Å²) in [6.45, 7) is 6.36. The standard InChI is InChI=1S/C17H20O2/c1-12-5-4-6-15(9-12)11-19-17-10-13(2)7-8-16(17)14(3)18/h4-10,14,18H,11H2,1-3H3/t14-/m0/s1. The van der Waals surface area contributed by atoms with Crippen LogP contribution in [0.25, 0.3) is 0 Å². The predicted molar refractivity (Wildman–Crippen MR) is 77.3 cm³/mol. The van der Waals surface area contributed by atoms with Gasteiger partial charge in [0.05, 0.1) is 6.10 Å². The molecule has 0 spiro atoms. The Morgan fingerprint density at radius 1 is 1.05 bits per heavy atom. The third kappa shape index (κ3) is 3.58. The molecule has 1 N–H and O–H groups in total. The molecular formula is C17H20O2. The number of aliphatic hydroxyl groups is 1. The van der Waals surface area contributed by atoms with Crippen molar-refractivity contribution in [2.24, 2.45) is 0 Å². The smallest absolute Gasteiger partial charge is 0.125 e. The van der Waals surface area contributed by atoms with Crippen molar-refractivity contribution in [3.05, 3.63) is 64.7 Å². The van der Waals surface area contributed by atoms with Gasteiger partial charge in [-0.15, -0.1) is 0 Å². The lowest BCUT2D eigenvalue weighted by molar-refractivity contribution is 0.190. The molecule has 0 bridgehead atoms. The van der Waals surface area contributed by atoms with Crippen LogP contribution in [0, 0.1) is 13.8 Å². The van der Waals surface area contributed by atoms with Crippen LogP contribution in [0.5, 0.6) is 5.75 Å². The van der Waals surface area contributed by atoms with Gasteiger partial charge in [-0.05, 0) is 38.0 Å². The van der Waals surface area contributed by atoms with Gasteiger partial charge in [-0.2, -0.15) is 0 Å². The van der Waals surface area contributed by atoms with Crippen LogP contribution in [0.4, 0.5) is 0 Å². The molecule has 19 heavy (non-hydrogen) atoms. The Morgan fingerprint density at radius 3 is 2.47 bits per heavy atom. The molecule has 100 valence electrons. The number of rotatable bonds is 4.